The first-order valence-electron chi connectivity index (χ1n) is 6.17. The Balaban J connectivity index is 2.66. The molecule has 1 amide bonds. The smallest absolute Gasteiger partial charge is 0.323 e. The first-order chi connectivity index (χ1) is 8.63. The van der Waals surface area contributed by atoms with Crippen LogP contribution in [0.5, 0.6) is 0 Å². The highest BCUT2D eigenvalue weighted by atomic mass is 16.4. The maximum atomic E-state index is 11.9. The number of hydrogen-bond donors (Lipinski definition) is 1. The second-order valence-corrected chi connectivity index (χ2v) is 4.23. The zero-order valence-electron chi connectivity index (χ0n) is 10.6. The van der Waals surface area contributed by atoms with E-state index in [1.807, 2.05) is 37.3 Å². The minimum atomic E-state index is -0.976. The molecule has 98 valence electrons. The number of unbranched alkanes of at least 4 members (excludes halogenated alkanes) is 1. The lowest BCUT2D eigenvalue weighted by atomic mass is 10.2. The van der Waals surface area contributed by atoms with Gasteiger partial charge in [-0.1, -0.05) is 43.7 Å². The number of carbonyl (C=O) groups excluding carboxylic acids is 1. The van der Waals surface area contributed by atoms with Crippen molar-refractivity contribution in [3.63, 3.8) is 0 Å². The number of carbonyl (C=O) groups is 2. The van der Waals surface area contributed by atoms with E-state index in [2.05, 4.69) is 0 Å². The van der Waals surface area contributed by atoms with Crippen molar-refractivity contribution in [2.45, 2.75) is 32.7 Å². The van der Waals surface area contributed by atoms with Gasteiger partial charge in [-0.15, -0.1) is 0 Å². The van der Waals surface area contributed by atoms with Crippen molar-refractivity contribution in [2.24, 2.45) is 0 Å². The Kier molecular flexibility index (Phi) is 5.91. The second-order valence-electron chi connectivity index (χ2n) is 4.23. The predicted molar refractivity (Wildman–Crippen MR) is 69.0 cm³/mol. The molecule has 0 saturated carbocycles. The normalized spacial score (nSPS) is 10.1. The molecule has 0 aliphatic rings. The van der Waals surface area contributed by atoms with Gasteiger partial charge in [-0.2, -0.15) is 0 Å². The lowest BCUT2D eigenvalue weighted by molar-refractivity contribution is -0.144. The molecule has 0 atom stereocenters. The Morgan fingerprint density at radius 3 is 2.44 bits per heavy atom. The second kappa shape index (κ2) is 7.48. The summed E-state index contributed by atoms with van der Waals surface area (Å²) in [5.41, 5.74) is 0.948. The van der Waals surface area contributed by atoms with Crippen molar-refractivity contribution in [3.05, 3.63) is 35.9 Å². The topological polar surface area (TPSA) is 57.6 Å². The SMILES string of the molecule is CCCCC(=O)N(CC(=O)O)Cc1ccccc1. The van der Waals surface area contributed by atoms with Crippen molar-refractivity contribution in [1.29, 1.82) is 0 Å². The Morgan fingerprint density at radius 1 is 1.22 bits per heavy atom. The van der Waals surface area contributed by atoms with Gasteiger partial charge in [0.05, 0.1) is 0 Å². The molecule has 0 saturated heterocycles. The number of aliphatic carboxylic acids is 1. The zero-order chi connectivity index (χ0) is 13.4. The highest BCUT2D eigenvalue weighted by Crippen LogP contribution is 2.07. The average molecular weight is 249 g/mol. The molecule has 0 bridgehead atoms. The van der Waals surface area contributed by atoms with Crippen LogP contribution in [0.15, 0.2) is 30.3 Å². The Bertz CT molecular complexity index is 389. The fourth-order valence-electron chi connectivity index (χ4n) is 1.69. The van der Waals surface area contributed by atoms with Gasteiger partial charge in [-0.3, -0.25) is 9.59 Å². The van der Waals surface area contributed by atoms with Crippen LogP contribution < -0.4 is 0 Å². The molecule has 0 aliphatic heterocycles. The van der Waals surface area contributed by atoms with Crippen LogP contribution in [0.1, 0.15) is 31.7 Å². The van der Waals surface area contributed by atoms with Crippen molar-refractivity contribution in [1.82, 2.24) is 4.90 Å². The molecule has 1 aromatic rings. The number of amides is 1. The summed E-state index contributed by atoms with van der Waals surface area (Å²) in [5.74, 6) is -1.07. The van der Waals surface area contributed by atoms with E-state index in [0.717, 1.165) is 18.4 Å². The molecule has 1 N–H and O–H groups in total. The molecule has 0 spiro atoms. The molecular weight excluding hydrogens is 230 g/mol. The van der Waals surface area contributed by atoms with Gasteiger partial charge < -0.3 is 10.0 Å². The summed E-state index contributed by atoms with van der Waals surface area (Å²) in [4.78, 5) is 24.1. The van der Waals surface area contributed by atoms with Crippen molar-refractivity contribution >= 4 is 11.9 Å². The zero-order valence-corrected chi connectivity index (χ0v) is 10.6. The molecule has 0 radical (unpaired) electrons. The summed E-state index contributed by atoms with van der Waals surface area (Å²) in [6.45, 7) is 2.12. The van der Waals surface area contributed by atoms with Crippen LogP contribution in [0, 0.1) is 0 Å². The van der Waals surface area contributed by atoms with Crippen LogP contribution in [-0.2, 0) is 16.1 Å². The molecule has 1 aromatic carbocycles. The summed E-state index contributed by atoms with van der Waals surface area (Å²) in [6, 6.07) is 9.43. The lowest BCUT2D eigenvalue weighted by Gasteiger charge is -2.20. The third-order valence-electron chi connectivity index (χ3n) is 2.64. The van der Waals surface area contributed by atoms with Crippen molar-refractivity contribution in [3.8, 4) is 0 Å². The monoisotopic (exact) mass is 249 g/mol. The number of carboxylic acid groups (broad SMARTS) is 1. The van der Waals surface area contributed by atoms with E-state index in [1.165, 1.54) is 4.90 Å². The van der Waals surface area contributed by atoms with Crippen LogP contribution in [0.2, 0.25) is 0 Å². The van der Waals surface area contributed by atoms with Crippen LogP contribution >= 0.6 is 0 Å². The summed E-state index contributed by atoms with van der Waals surface area (Å²) in [6.07, 6.45) is 2.14. The average Bonchev–Trinajstić information content (AvgIpc) is 2.36. The molecule has 0 aromatic heterocycles. The number of rotatable bonds is 7. The standard InChI is InChI=1S/C14H19NO3/c1-2-3-9-13(16)15(11-14(17)18)10-12-7-5-4-6-8-12/h4-8H,2-3,9-11H2,1H3,(H,17,18). The minimum Gasteiger partial charge on any atom is -0.480 e. The van der Waals surface area contributed by atoms with E-state index in [4.69, 9.17) is 5.11 Å². The van der Waals surface area contributed by atoms with Gasteiger partial charge in [0.15, 0.2) is 0 Å². The number of nitrogens with zero attached hydrogens (tertiary/aromatic N) is 1. The Hall–Kier alpha value is -1.84. The van der Waals surface area contributed by atoms with Crippen LogP contribution in [0.25, 0.3) is 0 Å². The Labute approximate surface area is 107 Å². The molecule has 0 fully saturated rings. The van der Waals surface area contributed by atoms with E-state index < -0.39 is 5.97 Å². The Morgan fingerprint density at radius 2 is 1.89 bits per heavy atom. The van der Waals surface area contributed by atoms with E-state index in [1.54, 1.807) is 0 Å². The molecule has 4 nitrogen and oxygen atoms in total. The first kappa shape index (κ1) is 14.2. The molecule has 18 heavy (non-hydrogen) atoms. The molecule has 1 rings (SSSR count). The molecule has 4 heteroatoms. The molecule has 0 aliphatic carbocycles. The van der Waals surface area contributed by atoms with E-state index >= 15 is 0 Å². The van der Waals surface area contributed by atoms with Gasteiger partial charge in [0.25, 0.3) is 0 Å². The molecular formula is C14H19NO3. The first-order valence-corrected chi connectivity index (χ1v) is 6.17. The summed E-state index contributed by atoms with van der Waals surface area (Å²) >= 11 is 0. The van der Waals surface area contributed by atoms with Crippen molar-refractivity contribution < 1.29 is 14.7 Å². The number of carboxylic acids is 1. The quantitative estimate of drug-likeness (QED) is 0.806. The van der Waals surface area contributed by atoms with Gasteiger partial charge in [0.1, 0.15) is 6.54 Å². The van der Waals surface area contributed by atoms with Crippen LogP contribution in [-0.4, -0.2) is 28.4 Å². The number of hydrogen-bond acceptors (Lipinski definition) is 2. The fraction of sp³-hybridized carbons (Fsp3) is 0.429. The van der Waals surface area contributed by atoms with Gasteiger partial charge in [-0.25, -0.2) is 0 Å². The van der Waals surface area contributed by atoms with Gasteiger partial charge in [0, 0.05) is 13.0 Å². The van der Waals surface area contributed by atoms with E-state index in [0.29, 0.717) is 13.0 Å². The van der Waals surface area contributed by atoms with Gasteiger partial charge >= 0.3 is 5.97 Å². The fourth-order valence-corrected chi connectivity index (χ4v) is 1.69. The minimum absolute atomic E-state index is 0.0943. The van der Waals surface area contributed by atoms with E-state index in [-0.39, 0.29) is 12.5 Å². The summed E-state index contributed by atoms with van der Waals surface area (Å²) in [7, 11) is 0. The lowest BCUT2D eigenvalue weighted by Crippen LogP contribution is -2.35. The molecule has 0 unspecified atom stereocenters. The predicted octanol–water partition coefficient (Wildman–Crippen LogP) is 2.29. The highest BCUT2D eigenvalue weighted by Gasteiger charge is 2.16. The maximum absolute atomic E-state index is 11.9. The third kappa shape index (κ3) is 4.99. The molecule has 0 heterocycles. The van der Waals surface area contributed by atoms with Crippen LogP contribution in [0.3, 0.4) is 0 Å². The summed E-state index contributed by atoms with van der Waals surface area (Å²) in [5, 5.41) is 8.84. The maximum Gasteiger partial charge on any atom is 0.323 e. The van der Waals surface area contributed by atoms with Crippen molar-refractivity contribution in [2.75, 3.05) is 6.54 Å². The van der Waals surface area contributed by atoms with E-state index in [9.17, 15) is 9.59 Å². The van der Waals surface area contributed by atoms with Crippen LogP contribution in [0.4, 0.5) is 0 Å². The summed E-state index contributed by atoms with van der Waals surface area (Å²) < 4.78 is 0. The van der Waals surface area contributed by atoms with Gasteiger partial charge in [-0.05, 0) is 12.0 Å². The highest BCUT2D eigenvalue weighted by molar-refractivity contribution is 5.81. The number of benzene rings is 1. The third-order valence-corrected chi connectivity index (χ3v) is 2.64. The largest absolute Gasteiger partial charge is 0.480 e. The van der Waals surface area contributed by atoms with Gasteiger partial charge in [0.2, 0.25) is 5.91 Å².